The van der Waals surface area contributed by atoms with Crippen molar-refractivity contribution < 1.29 is 4.92 Å². The average molecular weight is 353 g/mol. The summed E-state index contributed by atoms with van der Waals surface area (Å²) in [6.07, 6.45) is 5.59. The Bertz CT molecular complexity index is 549. The molecule has 0 radical (unpaired) electrons. The van der Waals surface area contributed by atoms with E-state index in [4.69, 9.17) is 0 Å². The van der Waals surface area contributed by atoms with E-state index in [2.05, 4.69) is 28.2 Å². The van der Waals surface area contributed by atoms with Crippen LogP contribution < -0.4 is 5.32 Å². The van der Waals surface area contributed by atoms with Crippen LogP contribution in [0, 0.1) is 27.9 Å². The number of nitro groups is 1. The first-order valence-corrected chi connectivity index (χ1v) is 8.49. The highest BCUT2D eigenvalue weighted by Crippen LogP contribution is 2.49. The second kappa shape index (κ2) is 6.05. The molecule has 2 aliphatic rings. The zero-order valence-corrected chi connectivity index (χ0v) is 13.8. The Hall–Kier alpha value is -0.940. The monoisotopic (exact) mass is 352 g/mol. The molecule has 0 aliphatic heterocycles. The number of nitro benzene ring substituents is 1. The van der Waals surface area contributed by atoms with E-state index in [0.717, 1.165) is 27.8 Å². The lowest BCUT2D eigenvalue weighted by atomic mass is 9.84. The molecule has 1 N–H and O–H groups in total. The quantitative estimate of drug-likeness (QED) is 0.635. The number of rotatable bonds is 5. The summed E-state index contributed by atoms with van der Waals surface area (Å²) in [5, 5.41) is 14.5. The van der Waals surface area contributed by atoms with Crippen molar-refractivity contribution in [3.8, 4) is 0 Å². The largest absolute Gasteiger partial charge is 0.310 e. The van der Waals surface area contributed by atoms with E-state index in [1.54, 1.807) is 12.1 Å². The van der Waals surface area contributed by atoms with Gasteiger partial charge < -0.3 is 5.32 Å². The summed E-state index contributed by atoms with van der Waals surface area (Å²) in [5.74, 6) is 2.64. The Morgan fingerprint density at radius 3 is 2.81 bits per heavy atom. The number of nitrogens with zero attached hydrogens (tertiary/aromatic N) is 1. The molecule has 2 aliphatic carbocycles. The van der Waals surface area contributed by atoms with Crippen LogP contribution in [0.15, 0.2) is 22.7 Å². The molecule has 0 aromatic heterocycles. The van der Waals surface area contributed by atoms with E-state index < -0.39 is 0 Å². The molecule has 1 aromatic rings. The molecule has 2 saturated carbocycles. The molecule has 114 valence electrons. The van der Waals surface area contributed by atoms with Gasteiger partial charge in [0, 0.05) is 29.2 Å². The lowest BCUT2D eigenvalue weighted by molar-refractivity contribution is -0.385. The molecule has 0 saturated heterocycles. The van der Waals surface area contributed by atoms with Crippen LogP contribution in [0.1, 0.15) is 38.2 Å². The summed E-state index contributed by atoms with van der Waals surface area (Å²) in [7, 11) is 0. The Kier molecular flexibility index (Phi) is 4.31. The highest BCUT2D eigenvalue weighted by Gasteiger charge is 2.41. The first-order valence-electron chi connectivity index (χ1n) is 7.70. The highest BCUT2D eigenvalue weighted by atomic mass is 79.9. The molecule has 21 heavy (non-hydrogen) atoms. The number of non-ortho nitro benzene ring substituents is 1. The third-order valence-corrected chi connectivity index (χ3v) is 5.67. The fraction of sp³-hybridized carbons (Fsp3) is 0.625. The SMILES string of the molecule is CC(NCc1cc(Br)cc([N+](=O)[O-])c1)C1CC2CCC1C2. The van der Waals surface area contributed by atoms with E-state index in [1.165, 1.54) is 25.7 Å². The molecule has 4 nitrogen and oxygen atoms in total. The zero-order valence-electron chi connectivity index (χ0n) is 12.2. The van der Waals surface area contributed by atoms with Gasteiger partial charge in [-0.1, -0.05) is 22.4 Å². The lowest BCUT2D eigenvalue weighted by Crippen LogP contribution is -2.35. The molecule has 0 heterocycles. The lowest BCUT2D eigenvalue weighted by Gasteiger charge is -2.28. The minimum Gasteiger partial charge on any atom is -0.310 e. The van der Waals surface area contributed by atoms with E-state index in [0.29, 0.717) is 12.6 Å². The number of nitrogens with one attached hydrogen (secondary N) is 1. The van der Waals surface area contributed by atoms with Crippen molar-refractivity contribution >= 4 is 21.6 Å². The highest BCUT2D eigenvalue weighted by molar-refractivity contribution is 9.10. The maximum Gasteiger partial charge on any atom is 0.270 e. The molecule has 0 amide bonds. The summed E-state index contributed by atoms with van der Waals surface area (Å²) in [6.45, 7) is 2.95. The van der Waals surface area contributed by atoms with Crippen LogP contribution in [0.4, 0.5) is 5.69 Å². The third kappa shape index (κ3) is 3.29. The van der Waals surface area contributed by atoms with Crippen LogP contribution in [0.5, 0.6) is 0 Å². The summed E-state index contributed by atoms with van der Waals surface area (Å²) in [5.41, 5.74) is 1.11. The molecule has 4 unspecified atom stereocenters. The van der Waals surface area contributed by atoms with Crippen LogP contribution in [-0.2, 0) is 6.54 Å². The Labute approximate surface area is 133 Å². The molecule has 0 spiro atoms. The second-order valence-corrected chi connectivity index (χ2v) is 7.50. The number of hydrogen-bond acceptors (Lipinski definition) is 3. The van der Waals surface area contributed by atoms with Gasteiger partial charge in [0.2, 0.25) is 0 Å². The van der Waals surface area contributed by atoms with Gasteiger partial charge in [-0.25, -0.2) is 0 Å². The molecule has 4 atom stereocenters. The van der Waals surface area contributed by atoms with Crippen molar-refractivity contribution in [2.45, 2.75) is 45.2 Å². The standard InChI is InChI=1S/C16H21BrN2O2/c1-10(16-7-11-2-3-13(16)4-11)18-9-12-5-14(17)8-15(6-12)19(20)21/h5-6,8,10-11,13,16,18H,2-4,7,9H2,1H3. The van der Waals surface area contributed by atoms with Gasteiger partial charge in [0.15, 0.2) is 0 Å². The number of halogens is 1. The van der Waals surface area contributed by atoms with Crippen LogP contribution in [-0.4, -0.2) is 11.0 Å². The van der Waals surface area contributed by atoms with Crippen LogP contribution >= 0.6 is 15.9 Å². The van der Waals surface area contributed by atoms with Crippen LogP contribution in [0.25, 0.3) is 0 Å². The van der Waals surface area contributed by atoms with Crippen molar-refractivity contribution in [2.75, 3.05) is 0 Å². The molecule has 2 bridgehead atoms. The van der Waals surface area contributed by atoms with Gasteiger partial charge in [-0.15, -0.1) is 0 Å². The van der Waals surface area contributed by atoms with E-state index in [-0.39, 0.29) is 10.6 Å². The molecular formula is C16H21BrN2O2. The minimum atomic E-state index is -0.340. The van der Waals surface area contributed by atoms with Crippen molar-refractivity contribution in [3.05, 3.63) is 38.3 Å². The molecule has 3 rings (SSSR count). The summed E-state index contributed by atoms with van der Waals surface area (Å²) in [6, 6.07) is 5.64. The predicted molar refractivity (Wildman–Crippen MR) is 86.0 cm³/mol. The van der Waals surface area contributed by atoms with Crippen molar-refractivity contribution in [2.24, 2.45) is 17.8 Å². The van der Waals surface area contributed by atoms with E-state index >= 15 is 0 Å². The van der Waals surface area contributed by atoms with Gasteiger partial charge in [0.1, 0.15) is 0 Å². The topological polar surface area (TPSA) is 55.2 Å². The number of fused-ring (bicyclic) bond motifs is 2. The summed E-state index contributed by atoms with van der Waals surface area (Å²) < 4.78 is 0.765. The first kappa shape index (κ1) is 15.0. The minimum absolute atomic E-state index is 0.147. The van der Waals surface area contributed by atoms with E-state index in [9.17, 15) is 10.1 Å². The maximum absolute atomic E-state index is 10.9. The smallest absolute Gasteiger partial charge is 0.270 e. The van der Waals surface area contributed by atoms with Crippen molar-refractivity contribution in [1.82, 2.24) is 5.32 Å². The predicted octanol–water partition coefficient (Wildman–Crippen LogP) is 4.27. The molecule has 5 heteroatoms. The van der Waals surface area contributed by atoms with Gasteiger partial charge in [0.05, 0.1) is 4.92 Å². The molecule has 1 aromatic carbocycles. The van der Waals surface area contributed by atoms with Crippen molar-refractivity contribution in [1.29, 1.82) is 0 Å². The second-order valence-electron chi connectivity index (χ2n) is 6.58. The Morgan fingerprint density at radius 1 is 1.38 bits per heavy atom. The third-order valence-electron chi connectivity index (χ3n) is 5.22. The fourth-order valence-corrected chi connectivity index (χ4v) is 4.71. The normalized spacial score (nSPS) is 28.8. The zero-order chi connectivity index (χ0) is 15.0. The van der Waals surface area contributed by atoms with Gasteiger partial charge in [-0.2, -0.15) is 0 Å². The van der Waals surface area contributed by atoms with Gasteiger partial charge in [-0.05, 0) is 55.6 Å². The van der Waals surface area contributed by atoms with E-state index in [1.807, 2.05) is 6.07 Å². The first-order chi connectivity index (χ1) is 10.0. The molecular weight excluding hydrogens is 332 g/mol. The van der Waals surface area contributed by atoms with Gasteiger partial charge >= 0.3 is 0 Å². The average Bonchev–Trinajstić information content (AvgIpc) is 3.06. The maximum atomic E-state index is 10.9. The number of hydrogen-bond donors (Lipinski definition) is 1. The summed E-state index contributed by atoms with van der Waals surface area (Å²) in [4.78, 5) is 10.6. The number of benzene rings is 1. The Balaban J connectivity index is 1.61. The van der Waals surface area contributed by atoms with Crippen molar-refractivity contribution in [3.63, 3.8) is 0 Å². The summed E-state index contributed by atoms with van der Waals surface area (Å²) >= 11 is 3.35. The van der Waals surface area contributed by atoms with Crippen LogP contribution in [0.2, 0.25) is 0 Å². The Morgan fingerprint density at radius 2 is 2.19 bits per heavy atom. The van der Waals surface area contributed by atoms with Gasteiger partial charge in [0.25, 0.3) is 5.69 Å². The van der Waals surface area contributed by atoms with Crippen LogP contribution in [0.3, 0.4) is 0 Å². The molecule has 2 fully saturated rings. The van der Waals surface area contributed by atoms with Gasteiger partial charge in [-0.3, -0.25) is 10.1 Å². The fourth-order valence-electron chi connectivity index (χ4n) is 4.18.